The van der Waals surface area contributed by atoms with E-state index in [0.29, 0.717) is 78.5 Å². The first-order chi connectivity index (χ1) is 23.8. The zero-order valence-corrected chi connectivity index (χ0v) is 33.7. The van der Waals surface area contributed by atoms with Gasteiger partial charge in [-0.05, 0) is 98.3 Å². The molecule has 0 aromatic heterocycles. The third kappa shape index (κ3) is 10.1. The van der Waals surface area contributed by atoms with Gasteiger partial charge >= 0.3 is 18.3 Å². The largest absolute Gasteiger partial charge is 0.444 e. The molecule has 0 spiro atoms. The van der Waals surface area contributed by atoms with Crippen molar-refractivity contribution in [3.05, 3.63) is 16.7 Å². The van der Waals surface area contributed by atoms with Crippen molar-refractivity contribution in [1.29, 1.82) is 0 Å². The molecule has 0 aliphatic carbocycles. The molecule has 0 N–H and O–H groups in total. The molecule has 3 heterocycles. The van der Waals surface area contributed by atoms with Crippen LogP contribution in [-0.4, -0.2) is 128 Å². The summed E-state index contributed by atoms with van der Waals surface area (Å²) in [5.74, 6) is 0. The number of piperazine rings is 3. The number of carbonyl (C=O) groups excluding carboxylic acids is 3. The number of hydrogen-bond acceptors (Lipinski definition) is 9. The Kier molecular flexibility index (Phi) is 12.6. The van der Waals surface area contributed by atoms with E-state index in [9.17, 15) is 14.4 Å². The monoisotopic (exact) mass is 715 g/mol. The van der Waals surface area contributed by atoms with Gasteiger partial charge in [0.2, 0.25) is 0 Å². The molecule has 288 valence electrons. The Balaban J connectivity index is 1.73. The Morgan fingerprint density at radius 3 is 0.765 bits per heavy atom. The van der Waals surface area contributed by atoms with Gasteiger partial charge in [0.05, 0.1) is 0 Å². The van der Waals surface area contributed by atoms with Gasteiger partial charge in [-0.15, -0.1) is 0 Å². The molecular weight excluding hydrogens is 648 g/mol. The lowest BCUT2D eigenvalue weighted by atomic mass is 9.89. The summed E-state index contributed by atoms with van der Waals surface area (Å²) < 4.78 is 17.2. The molecule has 3 aliphatic rings. The summed E-state index contributed by atoms with van der Waals surface area (Å²) in [4.78, 5) is 52.0. The summed E-state index contributed by atoms with van der Waals surface area (Å²) in [6.45, 7) is 31.7. The second kappa shape index (κ2) is 16.0. The molecule has 0 saturated carbocycles. The highest BCUT2D eigenvalue weighted by molar-refractivity contribution is 5.86. The van der Waals surface area contributed by atoms with Gasteiger partial charge in [0.15, 0.2) is 0 Å². The number of nitrogens with zero attached hydrogens (tertiary/aromatic N) is 6. The number of benzene rings is 1. The summed E-state index contributed by atoms with van der Waals surface area (Å²) in [5, 5.41) is 0. The van der Waals surface area contributed by atoms with Crippen molar-refractivity contribution in [3.8, 4) is 0 Å². The summed E-state index contributed by atoms with van der Waals surface area (Å²) >= 11 is 0. The fourth-order valence-electron chi connectivity index (χ4n) is 7.35. The van der Waals surface area contributed by atoms with Crippen LogP contribution in [-0.2, 0) is 33.5 Å². The first-order valence-electron chi connectivity index (χ1n) is 19.2. The maximum absolute atomic E-state index is 13.0. The molecule has 1 aromatic rings. The number of rotatable bonds is 6. The molecule has 3 aliphatic heterocycles. The quantitative estimate of drug-likeness (QED) is 0.304. The average molecular weight is 715 g/mol. The second-order valence-electron chi connectivity index (χ2n) is 16.9. The van der Waals surface area contributed by atoms with Crippen LogP contribution in [0.5, 0.6) is 0 Å². The highest BCUT2D eigenvalue weighted by atomic mass is 16.6. The third-order valence-corrected chi connectivity index (χ3v) is 9.52. The maximum Gasteiger partial charge on any atom is 0.410 e. The molecule has 0 unspecified atom stereocenters. The van der Waals surface area contributed by atoms with Crippen LogP contribution in [0.25, 0.3) is 0 Å². The Morgan fingerprint density at radius 2 is 0.608 bits per heavy atom. The molecular formula is C39H66N6O6. The molecule has 3 amide bonds. The number of hydrogen-bond donors (Lipinski definition) is 0. The van der Waals surface area contributed by atoms with Gasteiger partial charge in [0.25, 0.3) is 0 Å². The van der Waals surface area contributed by atoms with Crippen molar-refractivity contribution in [2.24, 2.45) is 0 Å². The minimum absolute atomic E-state index is 0.262. The van der Waals surface area contributed by atoms with Crippen molar-refractivity contribution < 1.29 is 28.6 Å². The van der Waals surface area contributed by atoms with Crippen LogP contribution in [0.4, 0.5) is 31.4 Å². The average Bonchev–Trinajstić information content (AvgIpc) is 3.04. The van der Waals surface area contributed by atoms with Gasteiger partial charge in [-0.25, -0.2) is 14.4 Å². The first-order valence-corrected chi connectivity index (χ1v) is 19.2. The predicted molar refractivity (Wildman–Crippen MR) is 205 cm³/mol. The first kappa shape index (κ1) is 40.2. The van der Waals surface area contributed by atoms with Crippen LogP contribution in [0.3, 0.4) is 0 Å². The van der Waals surface area contributed by atoms with Gasteiger partial charge in [0.1, 0.15) is 16.8 Å². The lowest BCUT2D eigenvalue weighted by molar-refractivity contribution is 0.0230. The number of amides is 3. The molecule has 3 saturated heterocycles. The van der Waals surface area contributed by atoms with Crippen molar-refractivity contribution in [1.82, 2.24) is 14.7 Å². The molecule has 12 nitrogen and oxygen atoms in total. The van der Waals surface area contributed by atoms with Crippen LogP contribution < -0.4 is 14.7 Å². The number of carbonyl (C=O) groups is 3. The maximum atomic E-state index is 13.0. The Labute approximate surface area is 307 Å². The predicted octanol–water partition coefficient (Wildman–Crippen LogP) is 6.55. The van der Waals surface area contributed by atoms with Gasteiger partial charge in [-0.1, -0.05) is 20.8 Å². The van der Waals surface area contributed by atoms with E-state index in [1.165, 1.54) is 33.8 Å². The van der Waals surface area contributed by atoms with Crippen LogP contribution in [0.1, 0.15) is 99.8 Å². The van der Waals surface area contributed by atoms with E-state index in [1.54, 1.807) is 0 Å². The fourth-order valence-corrected chi connectivity index (χ4v) is 7.35. The van der Waals surface area contributed by atoms with E-state index in [4.69, 9.17) is 14.2 Å². The lowest BCUT2D eigenvalue weighted by Gasteiger charge is -2.45. The van der Waals surface area contributed by atoms with Crippen molar-refractivity contribution in [2.75, 3.05) is 93.2 Å². The molecule has 0 atom stereocenters. The van der Waals surface area contributed by atoms with E-state index in [0.717, 1.165) is 19.3 Å². The summed E-state index contributed by atoms with van der Waals surface area (Å²) in [7, 11) is 0. The van der Waals surface area contributed by atoms with E-state index in [1.807, 2.05) is 77.0 Å². The van der Waals surface area contributed by atoms with Gasteiger partial charge in [-0.2, -0.15) is 0 Å². The summed E-state index contributed by atoms with van der Waals surface area (Å²) in [6, 6.07) is 0. The Bertz CT molecular complexity index is 1200. The molecule has 0 radical (unpaired) electrons. The Hall–Kier alpha value is -3.57. The van der Waals surface area contributed by atoms with Crippen LogP contribution in [0.2, 0.25) is 0 Å². The second-order valence-corrected chi connectivity index (χ2v) is 16.9. The molecule has 12 heteroatoms. The highest BCUT2D eigenvalue weighted by Crippen LogP contribution is 2.46. The topological polar surface area (TPSA) is 98.3 Å². The van der Waals surface area contributed by atoms with Crippen LogP contribution in [0.15, 0.2) is 0 Å². The SMILES string of the molecule is CCc1c(N2CCN(C(=O)OC(C)(C)C)CC2)c(CC)c(N2CCN(C(=O)OC(C)(C)C)CC2)c(CC)c1N1CCN(C(=O)OC(C)(C)C)CC1. The smallest absolute Gasteiger partial charge is 0.410 e. The Morgan fingerprint density at radius 1 is 0.412 bits per heavy atom. The third-order valence-electron chi connectivity index (χ3n) is 9.52. The molecule has 1 aromatic carbocycles. The van der Waals surface area contributed by atoms with Crippen molar-refractivity contribution >= 4 is 35.3 Å². The van der Waals surface area contributed by atoms with Gasteiger partial charge in [-0.3, -0.25) is 0 Å². The van der Waals surface area contributed by atoms with E-state index in [2.05, 4.69) is 35.5 Å². The molecule has 51 heavy (non-hydrogen) atoms. The summed E-state index contributed by atoms with van der Waals surface area (Å²) in [5.41, 5.74) is 6.18. The minimum atomic E-state index is -0.542. The molecule has 4 rings (SSSR count). The number of ether oxygens (including phenoxy) is 3. The number of anilines is 3. The standard InChI is InChI=1S/C39H66N6O6/c1-13-28-31(40-16-22-43(23-17-40)34(46)49-37(4,5)6)29(14-2)33(42-20-26-45(27-21-42)36(48)51-39(10,11)12)30(15-3)32(28)41-18-24-44(25-19-41)35(47)50-38(7,8)9/h13-27H2,1-12H3. The van der Waals surface area contributed by atoms with Crippen molar-refractivity contribution in [3.63, 3.8) is 0 Å². The van der Waals surface area contributed by atoms with Gasteiger partial charge < -0.3 is 43.6 Å². The van der Waals surface area contributed by atoms with Crippen LogP contribution >= 0.6 is 0 Å². The van der Waals surface area contributed by atoms with Crippen molar-refractivity contribution in [2.45, 2.75) is 119 Å². The normalized spacial score (nSPS) is 17.9. The zero-order valence-electron chi connectivity index (χ0n) is 33.7. The lowest BCUT2D eigenvalue weighted by Crippen LogP contribution is -2.52. The van der Waals surface area contributed by atoms with E-state index in [-0.39, 0.29) is 18.3 Å². The van der Waals surface area contributed by atoms with E-state index < -0.39 is 16.8 Å². The molecule has 3 fully saturated rings. The zero-order chi connectivity index (χ0) is 37.9. The highest BCUT2D eigenvalue weighted by Gasteiger charge is 2.36. The summed E-state index contributed by atoms with van der Waals surface area (Å²) in [6.07, 6.45) is 1.79. The minimum Gasteiger partial charge on any atom is -0.444 e. The van der Waals surface area contributed by atoms with Crippen LogP contribution in [0, 0.1) is 0 Å². The van der Waals surface area contributed by atoms with Gasteiger partial charge in [0, 0.05) is 95.6 Å². The molecule has 0 bridgehead atoms. The fraction of sp³-hybridized carbons (Fsp3) is 0.769. The van der Waals surface area contributed by atoms with E-state index >= 15 is 0 Å².